The van der Waals surface area contributed by atoms with Gasteiger partial charge in [0.05, 0.1) is 5.02 Å². The van der Waals surface area contributed by atoms with Crippen molar-refractivity contribution in [3.05, 3.63) is 29.3 Å². The van der Waals surface area contributed by atoms with Crippen molar-refractivity contribution in [2.45, 2.75) is 25.0 Å². The van der Waals surface area contributed by atoms with Gasteiger partial charge in [0.1, 0.15) is 18.5 Å². The Labute approximate surface area is 129 Å². The topological polar surface area (TPSA) is 61.8 Å². The first-order chi connectivity index (χ1) is 10.1. The lowest BCUT2D eigenvalue weighted by Gasteiger charge is -2.30. The number of nitrogens with one attached hydrogen (secondary N) is 1. The second kappa shape index (κ2) is 7.64. The number of hydrogen-bond donors (Lipinski definition) is 2. The largest absolute Gasteiger partial charge is 0.489 e. The predicted molar refractivity (Wildman–Crippen MR) is 81.6 cm³/mol. The van der Waals surface area contributed by atoms with Crippen LogP contribution in [0.4, 0.5) is 0 Å². The van der Waals surface area contributed by atoms with Crippen LogP contribution in [0.15, 0.2) is 24.3 Å². The van der Waals surface area contributed by atoms with Gasteiger partial charge in [0, 0.05) is 32.6 Å². The van der Waals surface area contributed by atoms with Crippen LogP contribution in [0.1, 0.15) is 12.8 Å². The number of benzene rings is 1. The van der Waals surface area contributed by atoms with Crippen molar-refractivity contribution in [1.82, 2.24) is 10.2 Å². The molecule has 116 valence electrons. The molecule has 1 aromatic carbocycles. The van der Waals surface area contributed by atoms with Crippen molar-refractivity contribution in [3.8, 4) is 5.75 Å². The van der Waals surface area contributed by atoms with Gasteiger partial charge in [0.15, 0.2) is 0 Å². The molecule has 1 amide bonds. The van der Waals surface area contributed by atoms with E-state index >= 15 is 0 Å². The van der Waals surface area contributed by atoms with E-state index in [9.17, 15) is 9.90 Å². The number of nitrogens with zero attached hydrogens (tertiary/aromatic N) is 1. The molecular formula is C15H21ClN2O3. The van der Waals surface area contributed by atoms with Gasteiger partial charge >= 0.3 is 0 Å². The molecule has 2 N–H and O–H groups in total. The van der Waals surface area contributed by atoms with E-state index in [-0.39, 0.29) is 18.6 Å². The number of aliphatic hydroxyl groups is 1. The number of para-hydroxylation sites is 1. The molecule has 0 bridgehead atoms. The third-order valence-corrected chi connectivity index (χ3v) is 3.85. The van der Waals surface area contributed by atoms with Crippen LogP contribution < -0.4 is 10.1 Å². The molecule has 0 spiro atoms. The first-order valence-corrected chi connectivity index (χ1v) is 7.47. The monoisotopic (exact) mass is 312 g/mol. The zero-order valence-corrected chi connectivity index (χ0v) is 12.8. The minimum absolute atomic E-state index is 0.177. The third kappa shape index (κ3) is 4.88. The van der Waals surface area contributed by atoms with E-state index in [4.69, 9.17) is 16.3 Å². The molecule has 21 heavy (non-hydrogen) atoms. The normalized spacial score (nSPS) is 20.4. The molecule has 1 aliphatic rings. The number of ether oxygens (including phenoxy) is 1. The summed E-state index contributed by atoms with van der Waals surface area (Å²) >= 11 is 5.98. The van der Waals surface area contributed by atoms with Crippen molar-refractivity contribution in [2.75, 3.05) is 26.7 Å². The number of rotatable bonds is 6. The number of aliphatic hydroxyl groups excluding tert-OH is 1. The number of carbonyl (C=O) groups excluding carboxylic acids is 1. The van der Waals surface area contributed by atoms with Crippen LogP contribution in [0, 0.1) is 0 Å². The van der Waals surface area contributed by atoms with E-state index in [0.717, 1.165) is 6.42 Å². The van der Waals surface area contributed by atoms with E-state index in [1.807, 2.05) is 12.1 Å². The maximum atomic E-state index is 11.4. The lowest BCUT2D eigenvalue weighted by Crippen LogP contribution is -2.48. The van der Waals surface area contributed by atoms with Crippen LogP contribution >= 0.6 is 11.6 Å². The average Bonchev–Trinajstić information content (AvgIpc) is 2.47. The fraction of sp³-hybridized carbons (Fsp3) is 0.533. The number of likely N-dealkylation sites (N-methyl/N-ethyl adjacent to an activating group) is 1. The Hall–Kier alpha value is -1.30. The maximum absolute atomic E-state index is 11.4. The Morgan fingerprint density at radius 1 is 1.52 bits per heavy atom. The molecular weight excluding hydrogens is 292 g/mol. The molecule has 0 aromatic heterocycles. The molecule has 1 aromatic rings. The van der Waals surface area contributed by atoms with E-state index < -0.39 is 6.10 Å². The quantitative estimate of drug-likeness (QED) is 0.831. The summed E-state index contributed by atoms with van der Waals surface area (Å²) in [5.74, 6) is 0.747. The summed E-state index contributed by atoms with van der Waals surface area (Å²) in [6.45, 7) is 1.28. The number of amides is 1. The van der Waals surface area contributed by atoms with Gasteiger partial charge in [-0.2, -0.15) is 0 Å². The molecule has 1 aliphatic heterocycles. The number of likely N-dealkylation sites (tertiary alicyclic amines) is 1. The maximum Gasteiger partial charge on any atom is 0.222 e. The van der Waals surface area contributed by atoms with Gasteiger partial charge in [-0.25, -0.2) is 0 Å². The summed E-state index contributed by atoms with van der Waals surface area (Å²) in [6, 6.07) is 7.40. The molecule has 2 rings (SSSR count). The van der Waals surface area contributed by atoms with Crippen LogP contribution in [0.25, 0.3) is 0 Å². The zero-order valence-electron chi connectivity index (χ0n) is 12.1. The summed E-state index contributed by atoms with van der Waals surface area (Å²) in [5, 5.41) is 13.7. The Kier molecular flexibility index (Phi) is 5.85. The molecule has 2 unspecified atom stereocenters. The molecule has 2 atom stereocenters. The SMILES string of the molecule is CN1CC(NCC(O)COc2ccccc2Cl)CCC1=O. The molecule has 6 heteroatoms. The van der Waals surface area contributed by atoms with Gasteiger partial charge in [-0.3, -0.25) is 4.79 Å². The van der Waals surface area contributed by atoms with E-state index in [2.05, 4.69) is 5.32 Å². The van der Waals surface area contributed by atoms with Crippen LogP contribution in [0.2, 0.25) is 5.02 Å². The Morgan fingerprint density at radius 3 is 3.00 bits per heavy atom. The van der Waals surface area contributed by atoms with Gasteiger partial charge in [0.2, 0.25) is 5.91 Å². The second-order valence-corrected chi connectivity index (χ2v) is 5.72. The molecule has 0 aliphatic carbocycles. The Balaban J connectivity index is 1.69. The van der Waals surface area contributed by atoms with Crippen molar-refractivity contribution in [3.63, 3.8) is 0 Å². The highest BCUT2D eigenvalue weighted by Gasteiger charge is 2.22. The zero-order chi connectivity index (χ0) is 15.2. The second-order valence-electron chi connectivity index (χ2n) is 5.31. The highest BCUT2D eigenvalue weighted by atomic mass is 35.5. The molecule has 1 heterocycles. The predicted octanol–water partition coefficient (Wildman–Crippen LogP) is 1.29. The summed E-state index contributed by atoms with van der Waals surface area (Å²) in [6.07, 6.45) is 0.742. The van der Waals surface area contributed by atoms with Gasteiger partial charge in [-0.05, 0) is 18.6 Å². The lowest BCUT2D eigenvalue weighted by molar-refractivity contribution is -0.132. The fourth-order valence-corrected chi connectivity index (χ4v) is 2.48. The van der Waals surface area contributed by atoms with Crippen LogP contribution in [0.3, 0.4) is 0 Å². The number of halogens is 1. The van der Waals surface area contributed by atoms with Crippen molar-refractivity contribution >= 4 is 17.5 Å². The van der Waals surface area contributed by atoms with Crippen molar-refractivity contribution in [1.29, 1.82) is 0 Å². The van der Waals surface area contributed by atoms with Crippen LogP contribution in [0.5, 0.6) is 5.75 Å². The number of piperidine rings is 1. The number of hydrogen-bond acceptors (Lipinski definition) is 4. The molecule has 1 fully saturated rings. The lowest BCUT2D eigenvalue weighted by atomic mass is 10.1. The smallest absolute Gasteiger partial charge is 0.222 e. The van der Waals surface area contributed by atoms with Crippen molar-refractivity contribution < 1.29 is 14.6 Å². The average molecular weight is 313 g/mol. The molecule has 5 nitrogen and oxygen atoms in total. The fourth-order valence-electron chi connectivity index (χ4n) is 2.29. The first kappa shape index (κ1) is 16.1. The van der Waals surface area contributed by atoms with E-state index in [0.29, 0.717) is 30.3 Å². The van der Waals surface area contributed by atoms with Gasteiger partial charge in [-0.15, -0.1) is 0 Å². The minimum Gasteiger partial charge on any atom is -0.489 e. The van der Waals surface area contributed by atoms with Gasteiger partial charge < -0.3 is 20.1 Å². The Bertz CT molecular complexity index is 484. The third-order valence-electron chi connectivity index (χ3n) is 3.54. The first-order valence-electron chi connectivity index (χ1n) is 7.09. The molecule has 0 saturated carbocycles. The summed E-state index contributed by atoms with van der Waals surface area (Å²) in [4.78, 5) is 13.1. The van der Waals surface area contributed by atoms with Crippen LogP contribution in [-0.2, 0) is 4.79 Å². The standard InChI is InChI=1S/C15H21ClN2O3/c1-18-9-11(6-7-15(18)20)17-8-12(19)10-21-14-5-3-2-4-13(14)16/h2-5,11-12,17,19H,6-10H2,1H3. The van der Waals surface area contributed by atoms with Gasteiger partial charge in [0.25, 0.3) is 0 Å². The highest BCUT2D eigenvalue weighted by molar-refractivity contribution is 6.32. The van der Waals surface area contributed by atoms with E-state index in [1.165, 1.54) is 0 Å². The summed E-state index contributed by atoms with van der Waals surface area (Å²) in [7, 11) is 1.80. The summed E-state index contributed by atoms with van der Waals surface area (Å²) in [5.41, 5.74) is 0. The molecule has 1 saturated heterocycles. The highest BCUT2D eigenvalue weighted by Crippen LogP contribution is 2.23. The minimum atomic E-state index is -0.621. The van der Waals surface area contributed by atoms with Gasteiger partial charge in [-0.1, -0.05) is 23.7 Å². The van der Waals surface area contributed by atoms with E-state index in [1.54, 1.807) is 24.1 Å². The Morgan fingerprint density at radius 2 is 2.29 bits per heavy atom. The molecule has 0 radical (unpaired) electrons. The number of carbonyl (C=O) groups is 1. The summed E-state index contributed by atoms with van der Waals surface area (Å²) < 4.78 is 5.49. The van der Waals surface area contributed by atoms with Crippen LogP contribution in [-0.4, -0.2) is 54.8 Å². The van der Waals surface area contributed by atoms with Crippen molar-refractivity contribution in [2.24, 2.45) is 0 Å².